The van der Waals surface area contributed by atoms with Gasteiger partial charge in [0.05, 0.1) is 12.4 Å². The van der Waals surface area contributed by atoms with Gasteiger partial charge >= 0.3 is 0 Å². The number of aliphatic hydroxyl groups is 1. The molecule has 0 saturated carbocycles. The summed E-state index contributed by atoms with van der Waals surface area (Å²) in [6, 6.07) is 0.0697. The second-order valence-electron chi connectivity index (χ2n) is 4.01. The van der Waals surface area contributed by atoms with Gasteiger partial charge in [0.1, 0.15) is 0 Å². The fourth-order valence-electron chi connectivity index (χ4n) is 1.92. The number of rotatable bonds is 3. The van der Waals surface area contributed by atoms with Gasteiger partial charge in [0, 0.05) is 12.6 Å². The van der Waals surface area contributed by atoms with Crippen LogP contribution in [0, 0.1) is 5.92 Å². The van der Waals surface area contributed by atoms with Gasteiger partial charge in [-0.15, -0.1) is 0 Å². The normalized spacial score (nSPS) is 30.5. The maximum Gasteiger partial charge on any atom is 0.216 e. The summed E-state index contributed by atoms with van der Waals surface area (Å²) in [4.78, 5) is 0. The van der Waals surface area contributed by atoms with E-state index in [0.29, 0.717) is 12.5 Å². The molecule has 1 N–H and O–H groups in total. The smallest absolute Gasteiger partial charge is 0.216 e. The Kier molecular flexibility index (Phi) is 3.92. The fourth-order valence-corrected chi connectivity index (χ4v) is 3.51. The predicted molar refractivity (Wildman–Crippen MR) is 55.4 cm³/mol. The minimum absolute atomic E-state index is 0.0697. The minimum Gasteiger partial charge on any atom is -0.395 e. The molecule has 0 aromatic heterocycles. The summed E-state index contributed by atoms with van der Waals surface area (Å²) in [5.74, 6) is 0.265. The lowest BCUT2D eigenvalue weighted by Gasteiger charge is -2.36. The Bertz CT molecular complexity index is 276. The summed E-state index contributed by atoms with van der Waals surface area (Å²) in [7, 11) is -3.23. The first-order valence-corrected chi connectivity index (χ1v) is 6.70. The number of nitrogens with zero attached hydrogens (tertiary/aromatic N) is 1. The Morgan fingerprint density at radius 1 is 1.43 bits per heavy atom. The first kappa shape index (κ1) is 11.9. The Labute approximate surface area is 86.0 Å². The van der Waals surface area contributed by atoms with Crippen LogP contribution in [0.5, 0.6) is 0 Å². The molecule has 0 aliphatic carbocycles. The van der Waals surface area contributed by atoms with Gasteiger partial charge in [-0.25, -0.2) is 8.42 Å². The molecule has 1 rings (SSSR count). The van der Waals surface area contributed by atoms with Crippen molar-refractivity contribution in [1.82, 2.24) is 4.31 Å². The highest BCUT2D eigenvalue weighted by atomic mass is 32.2. The van der Waals surface area contributed by atoms with Crippen LogP contribution in [0.25, 0.3) is 0 Å². The van der Waals surface area contributed by atoms with E-state index in [4.69, 9.17) is 5.11 Å². The van der Waals surface area contributed by atoms with Gasteiger partial charge in [-0.2, -0.15) is 4.31 Å². The van der Waals surface area contributed by atoms with Crippen molar-refractivity contribution in [2.75, 3.05) is 18.9 Å². The van der Waals surface area contributed by atoms with E-state index in [0.717, 1.165) is 12.8 Å². The molecule has 0 spiro atoms. The molecule has 1 saturated heterocycles. The maximum absolute atomic E-state index is 11.7. The number of hydrogen-bond acceptors (Lipinski definition) is 3. The van der Waals surface area contributed by atoms with Gasteiger partial charge in [0.2, 0.25) is 10.0 Å². The minimum atomic E-state index is -3.23. The first-order valence-electron chi connectivity index (χ1n) is 5.09. The Morgan fingerprint density at radius 2 is 2.07 bits per heavy atom. The molecule has 14 heavy (non-hydrogen) atoms. The molecule has 2 unspecified atom stereocenters. The van der Waals surface area contributed by atoms with Gasteiger partial charge in [-0.1, -0.05) is 6.92 Å². The molecule has 0 bridgehead atoms. The monoisotopic (exact) mass is 221 g/mol. The maximum atomic E-state index is 11.7. The van der Waals surface area contributed by atoms with E-state index in [-0.39, 0.29) is 18.4 Å². The zero-order valence-corrected chi connectivity index (χ0v) is 9.63. The molecular formula is C9H19NO3S. The van der Waals surface area contributed by atoms with Gasteiger partial charge in [0.15, 0.2) is 0 Å². The summed E-state index contributed by atoms with van der Waals surface area (Å²) < 4.78 is 25.0. The summed E-state index contributed by atoms with van der Waals surface area (Å²) in [5, 5.41) is 8.68. The van der Waals surface area contributed by atoms with Crippen molar-refractivity contribution in [2.24, 2.45) is 5.92 Å². The molecule has 0 aromatic carbocycles. The van der Waals surface area contributed by atoms with Crippen LogP contribution in [0.4, 0.5) is 0 Å². The average molecular weight is 221 g/mol. The van der Waals surface area contributed by atoms with Gasteiger partial charge in [-0.05, 0) is 25.7 Å². The summed E-state index contributed by atoms with van der Waals surface area (Å²) in [6.45, 7) is 4.33. The van der Waals surface area contributed by atoms with Crippen LogP contribution in [-0.2, 0) is 10.0 Å². The standard InChI is InChI=1S/C9H19NO3S/c1-8-4-3-5-10(9(8)2)14(12,13)7-6-11/h8-9,11H,3-7H2,1-2H3. The topological polar surface area (TPSA) is 57.6 Å². The number of aliphatic hydroxyl groups excluding tert-OH is 1. The molecule has 0 amide bonds. The number of piperidine rings is 1. The highest BCUT2D eigenvalue weighted by Gasteiger charge is 2.32. The molecule has 2 atom stereocenters. The Hall–Kier alpha value is -0.130. The van der Waals surface area contributed by atoms with Gasteiger partial charge in [-0.3, -0.25) is 0 Å². The Morgan fingerprint density at radius 3 is 2.64 bits per heavy atom. The van der Waals surface area contributed by atoms with Crippen molar-refractivity contribution in [3.63, 3.8) is 0 Å². The van der Waals surface area contributed by atoms with Crippen LogP contribution in [0.15, 0.2) is 0 Å². The SMILES string of the molecule is CC1CCCN(S(=O)(=O)CCO)C1C. The largest absolute Gasteiger partial charge is 0.395 e. The predicted octanol–water partition coefficient (Wildman–Crippen LogP) is 0.429. The molecule has 4 nitrogen and oxygen atoms in total. The van der Waals surface area contributed by atoms with Crippen molar-refractivity contribution < 1.29 is 13.5 Å². The van der Waals surface area contributed by atoms with Crippen LogP contribution in [0.3, 0.4) is 0 Å². The molecule has 1 aliphatic rings. The highest BCUT2D eigenvalue weighted by molar-refractivity contribution is 7.89. The molecule has 84 valence electrons. The summed E-state index contributed by atoms with van der Waals surface area (Å²) >= 11 is 0. The molecule has 1 fully saturated rings. The third-order valence-electron chi connectivity index (χ3n) is 3.02. The van der Waals surface area contributed by atoms with Crippen molar-refractivity contribution in [1.29, 1.82) is 0 Å². The number of hydrogen-bond donors (Lipinski definition) is 1. The van der Waals surface area contributed by atoms with E-state index >= 15 is 0 Å². The zero-order valence-electron chi connectivity index (χ0n) is 8.81. The molecular weight excluding hydrogens is 202 g/mol. The molecule has 1 aliphatic heterocycles. The fraction of sp³-hybridized carbons (Fsp3) is 1.00. The van der Waals surface area contributed by atoms with E-state index < -0.39 is 10.0 Å². The van der Waals surface area contributed by atoms with Crippen LogP contribution >= 0.6 is 0 Å². The van der Waals surface area contributed by atoms with E-state index in [2.05, 4.69) is 6.92 Å². The third-order valence-corrected chi connectivity index (χ3v) is 4.95. The quantitative estimate of drug-likeness (QED) is 0.752. The average Bonchev–Trinajstić information content (AvgIpc) is 2.09. The summed E-state index contributed by atoms with van der Waals surface area (Å²) in [5.41, 5.74) is 0. The lowest BCUT2D eigenvalue weighted by Crippen LogP contribution is -2.47. The van der Waals surface area contributed by atoms with Crippen LogP contribution in [0.2, 0.25) is 0 Å². The zero-order chi connectivity index (χ0) is 10.8. The van der Waals surface area contributed by atoms with Crippen molar-refractivity contribution in [3.05, 3.63) is 0 Å². The van der Waals surface area contributed by atoms with E-state index in [1.807, 2.05) is 6.92 Å². The third kappa shape index (κ3) is 2.46. The highest BCUT2D eigenvalue weighted by Crippen LogP contribution is 2.25. The van der Waals surface area contributed by atoms with Gasteiger partial charge in [0.25, 0.3) is 0 Å². The molecule has 5 heteroatoms. The molecule has 0 aromatic rings. The van der Waals surface area contributed by atoms with Crippen LogP contribution < -0.4 is 0 Å². The van der Waals surface area contributed by atoms with E-state index in [1.165, 1.54) is 4.31 Å². The van der Waals surface area contributed by atoms with Crippen molar-refractivity contribution in [2.45, 2.75) is 32.7 Å². The van der Waals surface area contributed by atoms with Gasteiger partial charge < -0.3 is 5.11 Å². The first-order chi connectivity index (χ1) is 6.49. The van der Waals surface area contributed by atoms with E-state index in [1.54, 1.807) is 0 Å². The van der Waals surface area contributed by atoms with Crippen LogP contribution in [0.1, 0.15) is 26.7 Å². The second kappa shape index (κ2) is 4.59. The van der Waals surface area contributed by atoms with Crippen molar-refractivity contribution >= 4 is 10.0 Å². The lowest BCUT2D eigenvalue weighted by atomic mass is 9.94. The molecule has 1 heterocycles. The van der Waals surface area contributed by atoms with E-state index in [9.17, 15) is 8.42 Å². The second-order valence-corrected chi connectivity index (χ2v) is 6.05. The molecule has 0 radical (unpaired) electrons. The van der Waals surface area contributed by atoms with Crippen LogP contribution in [-0.4, -0.2) is 42.8 Å². The summed E-state index contributed by atoms with van der Waals surface area (Å²) in [6.07, 6.45) is 2.02. The number of sulfonamides is 1. The lowest BCUT2D eigenvalue weighted by molar-refractivity contribution is 0.200. The van der Waals surface area contributed by atoms with Crippen molar-refractivity contribution in [3.8, 4) is 0 Å². The Balaban J connectivity index is 2.76.